The number of rotatable bonds is 12. The van der Waals surface area contributed by atoms with Gasteiger partial charge in [-0.25, -0.2) is 49.8 Å². The molecule has 0 N–H and O–H groups in total. The zero-order chi connectivity index (χ0) is 76.8. The van der Waals surface area contributed by atoms with Gasteiger partial charge < -0.3 is 0 Å². The van der Waals surface area contributed by atoms with Gasteiger partial charge in [0.1, 0.15) is 11.4 Å². The Kier molecular flexibility index (Phi) is 17.2. The highest BCUT2D eigenvalue weighted by Crippen LogP contribution is 2.39. The Morgan fingerprint density at radius 2 is 0.457 bits per heavy atom. The van der Waals surface area contributed by atoms with Crippen LogP contribution in [0.2, 0.25) is 0 Å². The molecular formula is C102H62N14. The van der Waals surface area contributed by atoms with Crippen molar-refractivity contribution in [3.05, 3.63) is 377 Å². The Balaban J connectivity index is 0.000000145. The number of hydrogen-bond acceptors (Lipinski definition) is 14. The third kappa shape index (κ3) is 13.2. The van der Waals surface area contributed by atoms with E-state index >= 15 is 0 Å². The van der Waals surface area contributed by atoms with Gasteiger partial charge in [-0.1, -0.05) is 273 Å². The summed E-state index contributed by atoms with van der Waals surface area (Å²) < 4.78 is 0. The fraction of sp³-hybridized carbons (Fsp3) is 0. The highest BCUT2D eigenvalue weighted by atomic mass is 15.1. The summed E-state index contributed by atoms with van der Waals surface area (Å²) in [4.78, 5) is 68.4. The lowest BCUT2D eigenvalue weighted by atomic mass is 9.95. The zero-order valence-corrected chi connectivity index (χ0v) is 62.1. The minimum absolute atomic E-state index is 0.518. The van der Waals surface area contributed by atoms with Crippen LogP contribution in [0.15, 0.2) is 377 Å². The molecule has 0 atom stereocenters. The fourth-order valence-corrected chi connectivity index (χ4v) is 15.3. The first kappa shape index (κ1) is 68.0. The number of fused-ring (bicyclic) bond motifs is 10. The minimum atomic E-state index is 0.518. The zero-order valence-electron chi connectivity index (χ0n) is 62.1. The molecule has 22 aromatic rings. The van der Waals surface area contributed by atoms with Crippen LogP contribution in [0, 0.1) is 0 Å². The van der Waals surface area contributed by atoms with E-state index in [1.807, 2.05) is 176 Å². The van der Waals surface area contributed by atoms with Crippen molar-refractivity contribution in [2.75, 3.05) is 0 Å². The van der Waals surface area contributed by atoms with Crippen molar-refractivity contribution in [3.8, 4) is 136 Å². The van der Waals surface area contributed by atoms with Crippen LogP contribution in [-0.4, -0.2) is 69.8 Å². The number of aromatic nitrogens is 14. The molecule has 0 aliphatic heterocycles. The summed E-state index contributed by atoms with van der Waals surface area (Å²) in [6.07, 6.45) is 7.35. The molecule has 14 nitrogen and oxygen atoms in total. The molecule has 116 heavy (non-hydrogen) atoms. The summed E-state index contributed by atoms with van der Waals surface area (Å²) in [7, 11) is 0. The summed E-state index contributed by atoms with van der Waals surface area (Å²) in [5, 5.41) is 8.52. The van der Waals surface area contributed by atoms with Gasteiger partial charge in [-0.3, -0.25) is 19.9 Å². The summed E-state index contributed by atoms with van der Waals surface area (Å²) in [6, 6.07) is 120. The summed E-state index contributed by atoms with van der Waals surface area (Å²) in [5.41, 5.74) is 24.9. The highest BCUT2D eigenvalue weighted by Gasteiger charge is 2.20. The van der Waals surface area contributed by atoms with E-state index in [0.29, 0.717) is 46.3 Å². The molecule has 12 aromatic carbocycles. The van der Waals surface area contributed by atoms with Crippen LogP contribution < -0.4 is 0 Å². The molecule has 0 bridgehead atoms. The molecule has 10 heterocycles. The van der Waals surface area contributed by atoms with Crippen molar-refractivity contribution >= 4 is 87.2 Å². The van der Waals surface area contributed by atoms with Gasteiger partial charge in [-0.05, 0) is 123 Å². The van der Waals surface area contributed by atoms with E-state index in [2.05, 4.69) is 210 Å². The molecule has 22 rings (SSSR count). The van der Waals surface area contributed by atoms with Crippen molar-refractivity contribution in [3.63, 3.8) is 0 Å². The molecule has 0 spiro atoms. The Hall–Kier alpha value is -16.1. The van der Waals surface area contributed by atoms with E-state index < -0.39 is 0 Å². The summed E-state index contributed by atoms with van der Waals surface area (Å²) in [6.45, 7) is 0. The van der Waals surface area contributed by atoms with Crippen molar-refractivity contribution in [2.45, 2.75) is 0 Å². The molecular weight excluding hydrogens is 1420 g/mol. The Morgan fingerprint density at radius 3 is 0.905 bits per heavy atom. The highest BCUT2D eigenvalue weighted by molar-refractivity contribution is 6.11. The SMILES string of the molecule is c1ccc(-c2nc(-c3ccccc3)nc(-c3ccc4ccc(-c5ccc6ccc(-c7ccc(-c8cc9cccnc9c9ncccc89)cc7)cc6n5)cc4n3)n2)cc1.c1ccc(-c2nc(-c3ccccc3)nc(-c3ccc4ccc(-c5ccc6ccc(-c7ccc(-c8ccnc9c8ccc8cccnc89)cc7)cc6n5)cc4n3)n2)cc1. The molecule has 14 heteroatoms. The van der Waals surface area contributed by atoms with Crippen molar-refractivity contribution in [1.82, 2.24) is 69.8 Å². The molecule has 0 unspecified atom stereocenters. The molecule has 10 aromatic heterocycles. The second-order valence-corrected chi connectivity index (χ2v) is 28.4. The first-order valence-electron chi connectivity index (χ1n) is 38.3. The third-order valence-corrected chi connectivity index (χ3v) is 21.2. The van der Waals surface area contributed by atoms with E-state index in [1.165, 1.54) is 0 Å². The lowest BCUT2D eigenvalue weighted by molar-refractivity contribution is 1.06. The number of nitrogens with zero attached hydrogens (tertiary/aromatic N) is 14. The van der Waals surface area contributed by atoms with Crippen molar-refractivity contribution in [2.24, 2.45) is 0 Å². The van der Waals surface area contributed by atoms with Gasteiger partial charge in [0.05, 0.1) is 55.5 Å². The lowest BCUT2D eigenvalue weighted by Gasteiger charge is -2.11. The average molecular weight is 1480 g/mol. The second kappa shape index (κ2) is 29.3. The third-order valence-electron chi connectivity index (χ3n) is 21.2. The van der Waals surface area contributed by atoms with E-state index in [4.69, 9.17) is 59.8 Å². The monoisotopic (exact) mass is 1480 g/mol. The van der Waals surface area contributed by atoms with Gasteiger partial charge in [0.25, 0.3) is 0 Å². The quantitative estimate of drug-likeness (QED) is 0.105. The predicted molar refractivity (Wildman–Crippen MR) is 467 cm³/mol. The molecule has 0 fully saturated rings. The summed E-state index contributed by atoms with van der Waals surface area (Å²) in [5.74, 6) is 3.44. The molecule has 540 valence electrons. The summed E-state index contributed by atoms with van der Waals surface area (Å²) >= 11 is 0. The first-order chi connectivity index (χ1) is 57.4. The molecule has 0 aliphatic rings. The van der Waals surface area contributed by atoms with Crippen LogP contribution in [-0.2, 0) is 0 Å². The first-order valence-corrected chi connectivity index (χ1v) is 38.3. The van der Waals surface area contributed by atoms with Crippen LogP contribution >= 0.6 is 0 Å². The van der Waals surface area contributed by atoms with Gasteiger partial charge >= 0.3 is 0 Å². The second-order valence-electron chi connectivity index (χ2n) is 28.4. The van der Waals surface area contributed by atoms with E-state index in [9.17, 15) is 0 Å². The normalized spacial score (nSPS) is 11.4. The van der Waals surface area contributed by atoms with Gasteiger partial charge in [0, 0.05) is 101 Å². The van der Waals surface area contributed by atoms with Crippen LogP contribution in [0.25, 0.3) is 223 Å². The predicted octanol–water partition coefficient (Wildman–Crippen LogP) is 24.1. The number of hydrogen-bond donors (Lipinski definition) is 0. The molecule has 0 amide bonds. The minimum Gasteiger partial charge on any atom is -0.254 e. The maximum atomic E-state index is 5.16. The Bertz CT molecular complexity index is 7430. The maximum absolute atomic E-state index is 5.16. The average Bonchev–Trinajstić information content (AvgIpc) is 0.775. The Labute approximate surface area is 665 Å². The van der Waals surface area contributed by atoms with Crippen molar-refractivity contribution in [1.29, 1.82) is 0 Å². The van der Waals surface area contributed by atoms with Crippen molar-refractivity contribution < 1.29 is 0 Å². The molecule has 0 radical (unpaired) electrons. The Morgan fingerprint density at radius 1 is 0.147 bits per heavy atom. The molecule has 0 aliphatic carbocycles. The van der Waals surface area contributed by atoms with E-state index in [-0.39, 0.29) is 0 Å². The van der Waals surface area contributed by atoms with Crippen LogP contribution in [0.1, 0.15) is 0 Å². The lowest BCUT2D eigenvalue weighted by Crippen LogP contribution is -2.01. The molecule has 0 saturated heterocycles. The van der Waals surface area contributed by atoms with Crippen LogP contribution in [0.5, 0.6) is 0 Å². The van der Waals surface area contributed by atoms with E-state index in [1.54, 1.807) is 0 Å². The van der Waals surface area contributed by atoms with Gasteiger partial charge in [-0.15, -0.1) is 0 Å². The maximum Gasteiger partial charge on any atom is 0.182 e. The molecule has 0 saturated carbocycles. The van der Waals surface area contributed by atoms with Crippen LogP contribution in [0.3, 0.4) is 0 Å². The van der Waals surface area contributed by atoms with E-state index in [0.717, 1.165) is 176 Å². The van der Waals surface area contributed by atoms with Gasteiger partial charge in [-0.2, -0.15) is 0 Å². The number of benzene rings is 12. The smallest absolute Gasteiger partial charge is 0.182 e. The topological polar surface area (TPSA) is 180 Å². The fourth-order valence-electron chi connectivity index (χ4n) is 15.3. The van der Waals surface area contributed by atoms with Gasteiger partial charge in [0.2, 0.25) is 0 Å². The van der Waals surface area contributed by atoms with Gasteiger partial charge in [0.15, 0.2) is 34.9 Å². The largest absolute Gasteiger partial charge is 0.254 e. The van der Waals surface area contributed by atoms with Crippen LogP contribution in [0.4, 0.5) is 0 Å². The number of pyridine rings is 8. The standard InChI is InChI=1S/2C51H31N7/c1-3-9-36(10-4-1)49-56-50(37-11-5-2-6-12-37)58-51(57-49)44-26-24-35-20-22-39(31-46(35)55-44)43-25-23-34-19-21-38(30-45(34)54-43)32-15-17-33(18-16-32)42-29-40-13-7-27-52-47(40)48-41(42)14-8-28-53-48;1-3-8-37(9-4-1)49-56-50(38-10-5-2-6-11-38)58-51(57-49)44-26-23-35-18-20-40(31-46(35)55-44)43-25-22-34-17-19-39(30-45(34)54-43)32-13-15-33(16-14-32)41-27-29-53-48-42(41)24-21-36-12-7-28-52-47(36)48/h2*1-31H.